The Morgan fingerprint density at radius 2 is 1.94 bits per heavy atom. The summed E-state index contributed by atoms with van der Waals surface area (Å²) in [6.07, 6.45) is 0.618. The molecule has 0 amide bonds. The van der Waals surface area contributed by atoms with Crippen LogP contribution in [0, 0.1) is 6.92 Å². The molecule has 1 heterocycles. The van der Waals surface area contributed by atoms with E-state index in [4.69, 9.17) is 5.11 Å². The fraction of sp³-hybridized carbons (Fsp3) is 0.333. The number of carbonyl (C=O) groups excluding carboxylic acids is 2. The number of aliphatic hydroxyl groups excluding tert-OH is 1. The van der Waals surface area contributed by atoms with Gasteiger partial charge in [-0.15, -0.1) is 0 Å². The first-order chi connectivity index (χ1) is 8.47. The van der Waals surface area contributed by atoms with Crippen molar-refractivity contribution in [3.63, 3.8) is 0 Å². The molecule has 0 aliphatic carbocycles. The first-order valence-electron chi connectivity index (χ1n) is 5.15. The van der Waals surface area contributed by atoms with Crippen molar-refractivity contribution >= 4 is 17.5 Å². The molecule has 18 heavy (non-hydrogen) atoms. The second-order valence-electron chi connectivity index (χ2n) is 3.63. The van der Waals surface area contributed by atoms with E-state index in [0.717, 1.165) is 5.69 Å². The number of methoxy groups -OCH3 is 2. The van der Waals surface area contributed by atoms with Crippen molar-refractivity contribution in [1.82, 2.24) is 4.57 Å². The molecule has 0 saturated heterocycles. The number of nitrogens with zero attached hydrogens (tertiary/aromatic N) is 1. The Kier molecular flexibility index (Phi) is 4.14. The summed E-state index contributed by atoms with van der Waals surface area (Å²) in [4.78, 5) is 23.2. The van der Waals surface area contributed by atoms with E-state index in [1.165, 1.54) is 14.2 Å². The van der Waals surface area contributed by atoms with Gasteiger partial charge in [-0.1, -0.05) is 0 Å². The fourth-order valence-electron chi connectivity index (χ4n) is 1.64. The van der Waals surface area contributed by atoms with E-state index in [-0.39, 0.29) is 16.8 Å². The Morgan fingerprint density at radius 3 is 2.39 bits per heavy atom. The third kappa shape index (κ3) is 2.22. The molecule has 0 unspecified atom stereocenters. The summed E-state index contributed by atoms with van der Waals surface area (Å²) in [5.74, 6) is -1.32. The van der Waals surface area contributed by atoms with Crippen LogP contribution < -0.4 is 0 Å². The molecule has 1 rings (SSSR count). The number of ether oxygens (including phenoxy) is 2. The number of aliphatic hydroxyl groups is 1. The first-order valence-corrected chi connectivity index (χ1v) is 5.15. The number of aromatic nitrogens is 1. The molecule has 0 aliphatic rings. The van der Waals surface area contributed by atoms with Gasteiger partial charge in [0.15, 0.2) is 0 Å². The van der Waals surface area contributed by atoms with Crippen LogP contribution in [-0.2, 0) is 21.3 Å². The van der Waals surface area contributed by atoms with Crippen LogP contribution in [0.15, 0.2) is 12.3 Å². The van der Waals surface area contributed by atoms with Gasteiger partial charge in [-0.25, -0.2) is 9.59 Å². The van der Waals surface area contributed by atoms with Gasteiger partial charge >= 0.3 is 11.9 Å². The second kappa shape index (κ2) is 5.39. The van der Waals surface area contributed by atoms with Crippen LogP contribution in [0.5, 0.6) is 0 Å². The van der Waals surface area contributed by atoms with Crippen molar-refractivity contribution in [3.8, 4) is 0 Å². The van der Waals surface area contributed by atoms with Crippen molar-refractivity contribution in [2.75, 3.05) is 14.2 Å². The molecule has 0 atom stereocenters. The monoisotopic (exact) mass is 253 g/mol. The maximum Gasteiger partial charge on any atom is 0.343 e. The maximum absolute atomic E-state index is 11.6. The highest BCUT2D eigenvalue weighted by Gasteiger charge is 2.25. The Morgan fingerprint density at radius 1 is 1.33 bits per heavy atom. The molecule has 1 N–H and O–H groups in total. The lowest BCUT2D eigenvalue weighted by molar-refractivity contribution is -0.133. The van der Waals surface area contributed by atoms with E-state index in [1.807, 2.05) is 0 Å². The van der Waals surface area contributed by atoms with Gasteiger partial charge in [0.2, 0.25) is 0 Å². The molecule has 1 aromatic heterocycles. The van der Waals surface area contributed by atoms with Gasteiger partial charge in [-0.2, -0.15) is 0 Å². The average Bonchev–Trinajstić information content (AvgIpc) is 2.67. The van der Waals surface area contributed by atoms with E-state index in [0.29, 0.717) is 6.26 Å². The molecule has 1 aromatic rings. The van der Waals surface area contributed by atoms with Crippen LogP contribution in [0.3, 0.4) is 0 Å². The number of rotatable bonds is 3. The van der Waals surface area contributed by atoms with Gasteiger partial charge in [0, 0.05) is 12.7 Å². The lowest BCUT2D eigenvalue weighted by atomic mass is 10.1. The summed E-state index contributed by atoms with van der Waals surface area (Å²) in [6, 6.07) is 1.58. The predicted molar refractivity (Wildman–Crippen MR) is 64.1 cm³/mol. The summed E-state index contributed by atoms with van der Waals surface area (Å²) >= 11 is 0. The second-order valence-corrected chi connectivity index (χ2v) is 3.63. The Labute approximate surface area is 104 Å². The molecule has 0 saturated carbocycles. The van der Waals surface area contributed by atoms with Gasteiger partial charge in [-0.3, -0.25) is 0 Å². The summed E-state index contributed by atoms with van der Waals surface area (Å²) in [7, 11) is 4.11. The maximum atomic E-state index is 11.6. The zero-order valence-electron chi connectivity index (χ0n) is 10.7. The van der Waals surface area contributed by atoms with Gasteiger partial charge in [0.05, 0.1) is 31.7 Å². The quantitative estimate of drug-likeness (QED) is 0.497. The van der Waals surface area contributed by atoms with Crippen molar-refractivity contribution in [3.05, 3.63) is 29.3 Å². The Bertz CT molecular complexity index is 513. The standard InChI is InChI=1S/C12H15NO5/c1-7-5-8(11(15)17-3)10(13(7)2)9(6-14)12(16)18-4/h5-6,14H,1-4H3/b9-6-. The molecule has 0 aliphatic heterocycles. The zero-order valence-corrected chi connectivity index (χ0v) is 10.7. The lowest BCUT2D eigenvalue weighted by Crippen LogP contribution is -2.12. The topological polar surface area (TPSA) is 77.8 Å². The highest BCUT2D eigenvalue weighted by molar-refractivity contribution is 6.18. The number of esters is 2. The number of hydrogen-bond donors (Lipinski definition) is 1. The number of carbonyl (C=O) groups is 2. The minimum Gasteiger partial charge on any atom is -0.515 e. The molecule has 6 nitrogen and oxygen atoms in total. The van der Waals surface area contributed by atoms with Gasteiger partial charge < -0.3 is 19.1 Å². The van der Waals surface area contributed by atoms with E-state index >= 15 is 0 Å². The predicted octanol–water partition coefficient (Wildman–Crippen LogP) is 1.19. The van der Waals surface area contributed by atoms with E-state index in [1.54, 1.807) is 24.6 Å². The summed E-state index contributed by atoms with van der Waals surface area (Å²) in [5, 5.41) is 9.17. The summed E-state index contributed by atoms with van der Waals surface area (Å²) in [6.45, 7) is 1.77. The van der Waals surface area contributed by atoms with Crippen LogP contribution in [0.2, 0.25) is 0 Å². The van der Waals surface area contributed by atoms with Crippen molar-refractivity contribution < 1.29 is 24.2 Å². The Hall–Kier alpha value is -2.24. The molecule has 0 bridgehead atoms. The van der Waals surface area contributed by atoms with E-state index < -0.39 is 11.9 Å². The highest BCUT2D eigenvalue weighted by Crippen LogP contribution is 2.24. The van der Waals surface area contributed by atoms with Crippen LogP contribution in [-0.4, -0.2) is 35.8 Å². The average molecular weight is 253 g/mol. The molecular formula is C12H15NO5. The number of aryl methyl sites for hydroxylation is 1. The van der Waals surface area contributed by atoms with Crippen molar-refractivity contribution in [1.29, 1.82) is 0 Å². The SMILES string of the molecule is COC(=O)/C(=C\O)c1c(C(=O)OC)cc(C)n1C. The number of hydrogen-bond acceptors (Lipinski definition) is 5. The van der Waals surface area contributed by atoms with Gasteiger partial charge in [0.25, 0.3) is 0 Å². The summed E-state index contributed by atoms with van der Waals surface area (Å²) in [5.41, 5.74) is 1.10. The normalized spacial score (nSPS) is 11.2. The van der Waals surface area contributed by atoms with Crippen molar-refractivity contribution in [2.45, 2.75) is 6.92 Å². The van der Waals surface area contributed by atoms with E-state index in [9.17, 15) is 9.59 Å². The zero-order chi connectivity index (χ0) is 13.9. The minimum absolute atomic E-state index is 0.103. The third-order valence-electron chi connectivity index (χ3n) is 2.67. The van der Waals surface area contributed by atoms with Crippen LogP contribution in [0.1, 0.15) is 21.7 Å². The van der Waals surface area contributed by atoms with Gasteiger partial charge in [-0.05, 0) is 13.0 Å². The van der Waals surface area contributed by atoms with Crippen molar-refractivity contribution in [2.24, 2.45) is 7.05 Å². The molecule has 0 spiro atoms. The fourth-order valence-corrected chi connectivity index (χ4v) is 1.64. The molecule has 6 heteroatoms. The molecular weight excluding hydrogens is 238 g/mol. The van der Waals surface area contributed by atoms with Gasteiger partial charge in [0.1, 0.15) is 5.57 Å². The van der Waals surface area contributed by atoms with Crippen LogP contribution in [0.25, 0.3) is 5.57 Å². The first kappa shape index (κ1) is 13.8. The van der Waals surface area contributed by atoms with Crippen LogP contribution >= 0.6 is 0 Å². The smallest absolute Gasteiger partial charge is 0.343 e. The minimum atomic E-state index is -0.733. The molecule has 0 aromatic carbocycles. The summed E-state index contributed by atoms with van der Waals surface area (Å²) < 4.78 is 10.8. The highest BCUT2D eigenvalue weighted by atomic mass is 16.5. The molecule has 98 valence electrons. The lowest BCUT2D eigenvalue weighted by Gasteiger charge is -2.09. The Balaban J connectivity index is 3.47. The van der Waals surface area contributed by atoms with E-state index in [2.05, 4.69) is 9.47 Å². The molecule has 0 fully saturated rings. The third-order valence-corrected chi connectivity index (χ3v) is 2.67. The molecule has 0 radical (unpaired) electrons. The largest absolute Gasteiger partial charge is 0.515 e. The van der Waals surface area contributed by atoms with Crippen LogP contribution in [0.4, 0.5) is 0 Å².